The average molecular weight is 280 g/mol. The molecule has 0 bridgehead atoms. The fraction of sp³-hybridized carbons (Fsp3) is 0.368. The first-order valence-corrected chi connectivity index (χ1v) is 7.91. The van der Waals surface area contributed by atoms with Crippen molar-refractivity contribution >= 4 is 5.69 Å². The van der Waals surface area contributed by atoms with Gasteiger partial charge in [0.1, 0.15) is 0 Å². The van der Waals surface area contributed by atoms with Crippen molar-refractivity contribution in [2.45, 2.75) is 38.8 Å². The molecule has 2 heteroatoms. The SMILES string of the molecule is CC1CCc2ccccc2N1Cc1ccccc1CCN. The molecule has 0 saturated heterocycles. The zero-order valence-electron chi connectivity index (χ0n) is 12.8. The van der Waals surface area contributed by atoms with Crippen LogP contribution in [0.2, 0.25) is 0 Å². The van der Waals surface area contributed by atoms with E-state index in [9.17, 15) is 0 Å². The first-order chi connectivity index (χ1) is 10.3. The molecule has 110 valence electrons. The Balaban J connectivity index is 1.91. The minimum absolute atomic E-state index is 0.589. The number of hydrogen-bond acceptors (Lipinski definition) is 2. The second-order valence-electron chi connectivity index (χ2n) is 5.95. The summed E-state index contributed by atoms with van der Waals surface area (Å²) in [5, 5.41) is 0. The van der Waals surface area contributed by atoms with Crippen molar-refractivity contribution in [3.05, 3.63) is 65.2 Å². The van der Waals surface area contributed by atoms with Gasteiger partial charge >= 0.3 is 0 Å². The van der Waals surface area contributed by atoms with E-state index in [1.165, 1.54) is 35.2 Å². The van der Waals surface area contributed by atoms with E-state index >= 15 is 0 Å². The number of hydrogen-bond donors (Lipinski definition) is 1. The van der Waals surface area contributed by atoms with E-state index in [2.05, 4.69) is 60.4 Å². The van der Waals surface area contributed by atoms with Crippen molar-refractivity contribution < 1.29 is 0 Å². The molecule has 21 heavy (non-hydrogen) atoms. The Morgan fingerprint density at radius 2 is 1.76 bits per heavy atom. The smallest absolute Gasteiger partial charge is 0.0435 e. The maximum absolute atomic E-state index is 5.75. The van der Waals surface area contributed by atoms with Crippen LogP contribution in [0.15, 0.2) is 48.5 Å². The van der Waals surface area contributed by atoms with Gasteiger partial charge in [0.25, 0.3) is 0 Å². The zero-order chi connectivity index (χ0) is 14.7. The summed E-state index contributed by atoms with van der Waals surface area (Å²) in [7, 11) is 0. The van der Waals surface area contributed by atoms with Crippen LogP contribution < -0.4 is 10.6 Å². The van der Waals surface area contributed by atoms with Crippen molar-refractivity contribution in [1.82, 2.24) is 0 Å². The third-order valence-electron chi connectivity index (χ3n) is 4.54. The number of nitrogens with two attached hydrogens (primary N) is 1. The molecule has 0 aromatic heterocycles. The van der Waals surface area contributed by atoms with Crippen LogP contribution in [0.3, 0.4) is 0 Å². The van der Waals surface area contributed by atoms with Crippen molar-refractivity contribution in [3.8, 4) is 0 Å². The van der Waals surface area contributed by atoms with Gasteiger partial charge in [0, 0.05) is 18.3 Å². The molecule has 1 heterocycles. The van der Waals surface area contributed by atoms with Gasteiger partial charge in [-0.05, 0) is 55.5 Å². The van der Waals surface area contributed by atoms with Gasteiger partial charge in [0.15, 0.2) is 0 Å². The van der Waals surface area contributed by atoms with Gasteiger partial charge in [-0.25, -0.2) is 0 Å². The summed E-state index contributed by atoms with van der Waals surface area (Å²) in [4.78, 5) is 2.55. The first kappa shape index (κ1) is 14.2. The lowest BCUT2D eigenvalue weighted by molar-refractivity contribution is 0.559. The van der Waals surface area contributed by atoms with E-state index in [-0.39, 0.29) is 0 Å². The second-order valence-corrected chi connectivity index (χ2v) is 5.95. The van der Waals surface area contributed by atoms with Crippen molar-refractivity contribution in [2.24, 2.45) is 5.73 Å². The molecule has 0 radical (unpaired) electrons. The standard InChI is InChI=1S/C19H24N2/c1-15-10-11-17-7-4-5-9-19(17)21(15)14-18-8-3-2-6-16(18)12-13-20/h2-9,15H,10-14,20H2,1H3. The summed E-state index contributed by atoms with van der Waals surface area (Å²) < 4.78 is 0. The van der Waals surface area contributed by atoms with Crippen LogP contribution in [0, 0.1) is 0 Å². The highest BCUT2D eigenvalue weighted by Crippen LogP contribution is 2.32. The first-order valence-electron chi connectivity index (χ1n) is 7.91. The number of nitrogens with zero attached hydrogens (tertiary/aromatic N) is 1. The van der Waals surface area contributed by atoms with Crippen LogP contribution in [0.5, 0.6) is 0 Å². The topological polar surface area (TPSA) is 29.3 Å². The van der Waals surface area contributed by atoms with Crippen molar-refractivity contribution in [2.75, 3.05) is 11.4 Å². The van der Waals surface area contributed by atoms with E-state index in [4.69, 9.17) is 5.73 Å². The van der Waals surface area contributed by atoms with Crippen LogP contribution in [0.25, 0.3) is 0 Å². The van der Waals surface area contributed by atoms with E-state index in [0.717, 1.165) is 13.0 Å². The van der Waals surface area contributed by atoms with Crippen molar-refractivity contribution in [1.29, 1.82) is 0 Å². The largest absolute Gasteiger partial charge is 0.364 e. The summed E-state index contributed by atoms with van der Waals surface area (Å²) in [6.07, 6.45) is 3.38. The number of para-hydroxylation sites is 1. The number of anilines is 1. The van der Waals surface area contributed by atoms with Crippen molar-refractivity contribution in [3.63, 3.8) is 0 Å². The minimum Gasteiger partial charge on any atom is -0.364 e. The van der Waals surface area contributed by atoms with E-state index in [1.54, 1.807) is 0 Å². The van der Waals surface area contributed by atoms with Crippen LogP contribution in [-0.4, -0.2) is 12.6 Å². The van der Waals surface area contributed by atoms with Crippen LogP contribution in [0.4, 0.5) is 5.69 Å². The molecule has 0 saturated carbocycles. The fourth-order valence-corrected chi connectivity index (χ4v) is 3.30. The van der Waals surface area contributed by atoms with Gasteiger partial charge in [-0.1, -0.05) is 42.5 Å². The normalized spacial score (nSPS) is 17.6. The summed E-state index contributed by atoms with van der Waals surface area (Å²) >= 11 is 0. The maximum Gasteiger partial charge on any atom is 0.0435 e. The molecular weight excluding hydrogens is 256 g/mol. The zero-order valence-corrected chi connectivity index (χ0v) is 12.8. The minimum atomic E-state index is 0.589. The molecule has 2 nitrogen and oxygen atoms in total. The lowest BCUT2D eigenvalue weighted by Gasteiger charge is -2.37. The quantitative estimate of drug-likeness (QED) is 0.928. The Labute approximate surface area is 127 Å². The summed E-state index contributed by atoms with van der Waals surface area (Å²) in [5.41, 5.74) is 11.4. The van der Waals surface area contributed by atoms with E-state index in [1.807, 2.05) is 0 Å². The average Bonchev–Trinajstić information content (AvgIpc) is 2.52. The number of aryl methyl sites for hydroxylation is 1. The van der Waals surface area contributed by atoms with Gasteiger partial charge in [0.05, 0.1) is 0 Å². The molecule has 0 spiro atoms. The fourth-order valence-electron chi connectivity index (χ4n) is 3.30. The molecule has 0 aliphatic carbocycles. The van der Waals surface area contributed by atoms with Gasteiger partial charge in [-0.15, -0.1) is 0 Å². The highest BCUT2D eigenvalue weighted by atomic mass is 15.2. The van der Waals surface area contributed by atoms with Gasteiger partial charge in [-0.2, -0.15) is 0 Å². The van der Waals surface area contributed by atoms with Crippen LogP contribution in [0.1, 0.15) is 30.0 Å². The molecule has 1 unspecified atom stereocenters. The Kier molecular flexibility index (Phi) is 4.26. The molecule has 3 rings (SSSR count). The summed E-state index contributed by atoms with van der Waals surface area (Å²) in [6, 6.07) is 18.1. The molecule has 0 amide bonds. The number of rotatable bonds is 4. The summed E-state index contributed by atoms with van der Waals surface area (Å²) in [6.45, 7) is 4.03. The monoisotopic (exact) mass is 280 g/mol. The van der Waals surface area contributed by atoms with Gasteiger partial charge in [-0.3, -0.25) is 0 Å². The Hall–Kier alpha value is -1.80. The Morgan fingerprint density at radius 1 is 1.05 bits per heavy atom. The van der Waals surface area contributed by atoms with Crippen LogP contribution >= 0.6 is 0 Å². The molecule has 1 aliphatic heterocycles. The van der Waals surface area contributed by atoms with E-state index < -0.39 is 0 Å². The van der Waals surface area contributed by atoms with Gasteiger partial charge < -0.3 is 10.6 Å². The molecule has 0 fully saturated rings. The third kappa shape index (κ3) is 2.96. The van der Waals surface area contributed by atoms with Gasteiger partial charge in [0.2, 0.25) is 0 Å². The molecule has 1 atom stereocenters. The lowest BCUT2D eigenvalue weighted by Crippen LogP contribution is -2.37. The molecule has 2 aromatic rings. The maximum atomic E-state index is 5.75. The predicted octanol–water partition coefficient (Wildman–Crippen LogP) is 3.53. The third-order valence-corrected chi connectivity index (χ3v) is 4.54. The number of fused-ring (bicyclic) bond motifs is 1. The Morgan fingerprint density at radius 3 is 2.57 bits per heavy atom. The Bertz CT molecular complexity index is 606. The molecule has 1 aliphatic rings. The molecule has 2 N–H and O–H groups in total. The summed E-state index contributed by atoms with van der Waals surface area (Å²) in [5.74, 6) is 0. The van der Waals surface area contributed by atoms with Crippen LogP contribution in [-0.2, 0) is 19.4 Å². The second kappa shape index (κ2) is 6.31. The number of benzene rings is 2. The lowest BCUT2D eigenvalue weighted by atomic mass is 9.95. The predicted molar refractivity (Wildman–Crippen MR) is 89.6 cm³/mol. The van der Waals surface area contributed by atoms with E-state index in [0.29, 0.717) is 12.6 Å². The highest BCUT2D eigenvalue weighted by molar-refractivity contribution is 5.57. The molecular formula is C19H24N2. The highest BCUT2D eigenvalue weighted by Gasteiger charge is 2.23. The molecule has 2 aromatic carbocycles.